The molecule has 0 spiro atoms. The van der Waals surface area contributed by atoms with Gasteiger partial charge in [-0.15, -0.1) is 0 Å². The van der Waals surface area contributed by atoms with E-state index in [9.17, 15) is 4.79 Å². The number of halogens is 2. The van der Waals surface area contributed by atoms with E-state index in [-0.39, 0.29) is 11.8 Å². The summed E-state index contributed by atoms with van der Waals surface area (Å²) in [5, 5.41) is 5.11. The number of rotatable bonds is 6. The number of aromatic nitrogens is 2. The number of para-hydroxylation sites is 2. The zero-order valence-corrected chi connectivity index (χ0v) is 21.7. The first-order chi connectivity index (χ1) is 17.5. The maximum Gasteiger partial charge on any atom is 0.241 e. The summed E-state index contributed by atoms with van der Waals surface area (Å²) in [4.78, 5) is 24.4. The number of nitrogens with zero attached hydrogens (tertiary/aromatic N) is 5. The van der Waals surface area contributed by atoms with Crippen molar-refractivity contribution in [3.8, 4) is 17.1 Å². The van der Waals surface area contributed by atoms with E-state index in [4.69, 9.17) is 32.5 Å². The van der Waals surface area contributed by atoms with Crippen molar-refractivity contribution in [2.75, 3.05) is 51.3 Å². The third kappa shape index (κ3) is 5.45. The molecule has 2 aliphatic rings. The number of ether oxygens (including phenoxy) is 1. The van der Waals surface area contributed by atoms with Crippen LogP contribution in [0.1, 0.15) is 18.7 Å². The van der Waals surface area contributed by atoms with E-state index in [1.807, 2.05) is 23.1 Å². The topological polar surface area (TPSA) is 74.9 Å². The molecule has 2 fully saturated rings. The average molecular weight is 530 g/mol. The highest BCUT2D eigenvalue weighted by Gasteiger charge is 2.32. The zero-order valence-electron chi connectivity index (χ0n) is 20.2. The summed E-state index contributed by atoms with van der Waals surface area (Å²) in [5.41, 5.74) is 1.75. The molecule has 1 unspecified atom stereocenters. The van der Waals surface area contributed by atoms with Crippen LogP contribution < -0.4 is 9.64 Å². The Labute approximate surface area is 220 Å². The molecule has 3 heterocycles. The number of amides is 1. The van der Waals surface area contributed by atoms with Crippen LogP contribution in [0.2, 0.25) is 10.0 Å². The van der Waals surface area contributed by atoms with E-state index >= 15 is 0 Å². The Kier molecular flexibility index (Phi) is 7.65. The number of methoxy groups -OCH3 is 1. The highest BCUT2D eigenvalue weighted by Crippen LogP contribution is 2.30. The van der Waals surface area contributed by atoms with Gasteiger partial charge in [-0.05, 0) is 49.7 Å². The number of likely N-dealkylation sites (tertiary alicyclic amines) is 1. The lowest BCUT2D eigenvalue weighted by Gasteiger charge is -2.39. The molecule has 0 saturated carbocycles. The number of benzene rings is 2. The van der Waals surface area contributed by atoms with Gasteiger partial charge in [0.1, 0.15) is 5.75 Å². The van der Waals surface area contributed by atoms with Crippen molar-refractivity contribution >= 4 is 34.8 Å². The van der Waals surface area contributed by atoms with Crippen LogP contribution in [0, 0.1) is 5.92 Å². The lowest BCUT2D eigenvalue weighted by Crippen LogP contribution is -2.52. The summed E-state index contributed by atoms with van der Waals surface area (Å²) in [6, 6.07) is 13.2. The predicted octanol–water partition coefficient (Wildman–Crippen LogP) is 4.61. The Morgan fingerprint density at radius 1 is 1.11 bits per heavy atom. The molecular formula is C26H29Cl2N5O3. The van der Waals surface area contributed by atoms with E-state index < -0.39 is 0 Å². The Balaban J connectivity index is 1.16. The highest BCUT2D eigenvalue weighted by molar-refractivity contribution is 6.36. The van der Waals surface area contributed by atoms with Crippen LogP contribution in [0.4, 0.5) is 5.69 Å². The standard InChI is InChI=1S/C26H29Cl2N5O3/c1-35-23-7-3-2-6-22(23)32-11-13-33(14-12-32)26(34)18-5-4-10-31(16-18)17-24-29-25(30-36-24)20-9-8-19(27)15-21(20)28/h2-3,6-9,15,18H,4-5,10-14,16-17H2,1H3. The minimum Gasteiger partial charge on any atom is -0.495 e. The van der Waals surface area contributed by atoms with Crippen molar-refractivity contribution in [3.63, 3.8) is 0 Å². The van der Waals surface area contributed by atoms with Crippen molar-refractivity contribution < 1.29 is 14.1 Å². The summed E-state index contributed by atoms with van der Waals surface area (Å²) in [6.07, 6.45) is 1.86. The molecule has 1 atom stereocenters. The van der Waals surface area contributed by atoms with Crippen molar-refractivity contribution in [3.05, 3.63) is 58.4 Å². The summed E-state index contributed by atoms with van der Waals surface area (Å²) in [5.74, 6) is 2.02. The number of piperazine rings is 1. The molecule has 190 valence electrons. The third-order valence-corrected chi connectivity index (χ3v) is 7.42. The molecule has 2 aromatic carbocycles. The third-order valence-electron chi connectivity index (χ3n) is 6.87. The van der Waals surface area contributed by atoms with Gasteiger partial charge in [0.2, 0.25) is 17.6 Å². The molecule has 2 saturated heterocycles. The lowest BCUT2D eigenvalue weighted by molar-refractivity contribution is -0.137. The number of anilines is 1. The fraction of sp³-hybridized carbons (Fsp3) is 0.423. The quantitative estimate of drug-likeness (QED) is 0.461. The molecular weight excluding hydrogens is 501 g/mol. The van der Waals surface area contributed by atoms with Gasteiger partial charge < -0.3 is 19.1 Å². The van der Waals surface area contributed by atoms with Gasteiger partial charge in [0, 0.05) is 43.3 Å². The predicted molar refractivity (Wildman–Crippen MR) is 140 cm³/mol. The van der Waals surface area contributed by atoms with Crippen LogP contribution in [-0.2, 0) is 11.3 Å². The van der Waals surface area contributed by atoms with Crippen LogP contribution in [0.15, 0.2) is 47.0 Å². The molecule has 8 nitrogen and oxygen atoms in total. The first-order valence-corrected chi connectivity index (χ1v) is 12.9. The second-order valence-electron chi connectivity index (χ2n) is 9.19. The SMILES string of the molecule is COc1ccccc1N1CCN(C(=O)C2CCCN(Cc3nc(-c4ccc(Cl)cc4Cl)no3)C2)CC1. The van der Waals surface area contributed by atoms with Gasteiger partial charge in [0.25, 0.3) is 0 Å². The minimum atomic E-state index is -0.0235. The first kappa shape index (κ1) is 24.9. The number of carbonyl (C=O) groups is 1. The largest absolute Gasteiger partial charge is 0.495 e. The van der Waals surface area contributed by atoms with Gasteiger partial charge >= 0.3 is 0 Å². The van der Waals surface area contributed by atoms with Crippen molar-refractivity contribution in [2.24, 2.45) is 5.92 Å². The molecule has 0 aliphatic carbocycles. The summed E-state index contributed by atoms with van der Waals surface area (Å²) in [7, 11) is 1.69. The van der Waals surface area contributed by atoms with Gasteiger partial charge in [-0.1, -0.05) is 40.5 Å². The van der Waals surface area contributed by atoms with Crippen LogP contribution in [0.5, 0.6) is 5.75 Å². The van der Waals surface area contributed by atoms with E-state index in [1.54, 1.807) is 25.3 Å². The second kappa shape index (κ2) is 11.1. The van der Waals surface area contributed by atoms with Crippen LogP contribution in [0.25, 0.3) is 11.4 Å². The summed E-state index contributed by atoms with van der Waals surface area (Å²) >= 11 is 12.3. The maximum atomic E-state index is 13.4. The van der Waals surface area contributed by atoms with Gasteiger partial charge in [-0.2, -0.15) is 4.98 Å². The first-order valence-electron chi connectivity index (χ1n) is 12.2. The minimum absolute atomic E-state index is 0.0235. The van der Waals surface area contributed by atoms with E-state index in [0.29, 0.717) is 53.5 Å². The molecule has 5 rings (SSSR count). The van der Waals surface area contributed by atoms with E-state index in [1.165, 1.54) is 0 Å². The molecule has 3 aromatic rings. The Morgan fingerprint density at radius 2 is 1.92 bits per heavy atom. The Hall–Kier alpha value is -2.81. The van der Waals surface area contributed by atoms with Crippen molar-refractivity contribution in [2.45, 2.75) is 19.4 Å². The number of piperidine rings is 1. The number of hydrogen-bond acceptors (Lipinski definition) is 7. The fourth-order valence-electron chi connectivity index (χ4n) is 5.01. The normalized spacial score (nSPS) is 18.9. The van der Waals surface area contributed by atoms with Gasteiger partial charge in [-0.25, -0.2) is 0 Å². The van der Waals surface area contributed by atoms with Gasteiger partial charge in [0.15, 0.2) is 0 Å². The van der Waals surface area contributed by atoms with E-state index in [0.717, 1.165) is 43.9 Å². The van der Waals surface area contributed by atoms with Gasteiger partial charge in [-0.3, -0.25) is 9.69 Å². The number of carbonyl (C=O) groups excluding carboxylic acids is 1. The van der Waals surface area contributed by atoms with Crippen LogP contribution in [-0.4, -0.2) is 72.2 Å². The maximum absolute atomic E-state index is 13.4. The van der Waals surface area contributed by atoms with Crippen molar-refractivity contribution in [1.82, 2.24) is 19.9 Å². The molecule has 1 aromatic heterocycles. The summed E-state index contributed by atoms with van der Waals surface area (Å²) < 4.78 is 11.0. The summed E-state index contributed by atoms with van der Waals surface area (Å²) in [6.45, 7) is 5.09. The molecule has 0 bridgehead atoms. The smallest absolute Gasteiger partial charge is 0.241 e. The van der Waals surface area contributed by atoms with Crippen LogP contribution in [0.3, 0.4) is 0 Å². The van der Waals surface area contributed by atoms with Gasteiger partial charge in [0.05, 0.1) is 30.3 Å². The zero-order chi connectivity index (χ0) is 25.1. The second-order valence-corrected chi connectivity index (χ2v) is 10.0. The fourth-order valence-corrected chi connectivity index (χ4v) is 5.50. The van der Waals surface area contributed by atoms with Crippen LogP contribution >= 0.6 is 23.2 Å². The number of hydrogen-bond donors (Lipinski definition) is 0. The molecule has 2 aliphatic heterocycles. The van der Waals surface area contributed by atoms with Crippen molar-refractivity contribution in [1.29, 1.82) is 0 Å². The molecule has 10 heteroatoms. The molecule has 1 amide bonds. The molecule has 0 N–H and O–H groups in total. The highest BCUT2D eigenvalue weighted by atomic mass is 35.5. The Bertz CT molecular complexity index is 1210. The molecule has 36 heavy (non-hydrogen) atoms. The lowest BCUT2D eigenvalue weighted by atomic mass is 9.96. The monoisotopic (exact) mass is 529 g/mol. The Morgan fingerprint density at radius 3 is 2.69 bits per heavy atom. The van der Waals surface area contributed by atoms with E-state index in [2.05, 4.69) is 26.0 Å². The average Bonchev–Trinajstić information content (AvgIpc) is 3.36. The molecule has 0 radical (unpaired) electrons.